The van der Waals surface area contributed by atoms with Crippen LogP contribution in [0.4, 0.5) is 0 Å². The molecule has 5 nitrogen and oxygen atoms in total. The molecule has 0 atom stereocenters. The largest absolute Gasteiger partial charge is 0.312 e. The highest BCUT2D eigenvalue weighted by atomic mass is 35.5. The number of hydrogen-bond acceptors (Lipinski definition) is 3. The summed E-state index contributed by atoms with van der Waals surface area (Å²) in [5.41, 5.74) is 4.26. The predicted octanol–water partition coefficient (Wildman–Crippen LogP) is 2.50. The molecule has 0 spiro atoms. The molecule has 0 aliphatic carbocycles. The fourth-order valence-corrected chi connectivity index (χ4v) is 2.74. The van der Waals surface area contributed by atoms with E-state index in [1.807, 2.05) is 36.3 Å². The summed E-state index contributed by atoms with van der Waals surface area (Å²) in [6, 6.07) is 4.03. The smallest absolute Gasteiger partial charge is 0.160 e. The Morgan fingerprint density at radius 3 is 2.76 bits per heavy atom. The number of rotatable bonds is 5. The van der Waals surface area contributed by atoms with E-state index in [9.17, 15) is 0 Å². The first kappa shape index (κ1) is 14.1. The van der Waals surface area contributed by atoms with Gasteiger partial charge in [0.2, 0.25) is 0 Å². The highest BCUT2D eigenvalue weighted by Crippen LogP contribution is 2.18. The third-order valence-electron chi connectivity index (χ3n) is 3.75. The molecule has 0 fully saturated rings. The van der Waals surface area contributed by atoms with Crippen LogP contribution in [0.1, 0.15) is 17.1 Å². The fourth-order valence-electron chi connectivity index (χ4n) is 2.57. The standard InChI is InChI=1S/C15H18ClN5/c1-11-4-8-17-15-14(11)19-13(3-7-16)21(15)10-6-12-5-9-18-20(12)2/h4-5,8-9H,3,6-7,10H2,1-2H3. The molecule has 3 heterocycles. The van der Waals surface area contributed by atoms with Crippen molar-refractivity contribution in [2.45, 2.75) is 26.3 Å². The second kappa shape index (κ2) is 5.85. The van der Waals surface area contributed by atoms with Crippen molar-refractivity contribution in [3.8, 4) is 0 Å². The van der Waals surface area contributed by atoms with Gasteiger partial charge < -0.3 is 4.57 Å². The summed E-state index contributed by atoms with van der Waals surface area (Å²) in [5.74, 6) is 1.57. The third-order valence-corrected chi connectivity index (χ3v) is 3.94. The highest BCUT2D eigenvalue weighted by Gasteiger charge is 2.13. The minimum Gasteiger partial charge on any atom is -0.312 e. The van der Waals surface area contributed by atoms with Gasteiger partial charge in [-0.05, 0) is 24.6 Å². The molecule has 0 saturated carbocycles. The van der Waals surface area contributed by atoms with E-state index in [2.05, 4.69) is 21.6 Å². The second-order valence-corrected chi connectivity index (χ2v) is 5.49. The zero-order valence-corrected chi connectivity index (χ0v) is 13.0. The maximum atomic E-state index is 5.91. The van der Waals surface area contributed by atoms with E-state index < -0.39 is 0 Å². The van der Waals surface area contributed by atoms with Crippen LogP contribution in [0.5, 0.6) is 0 Å². The van der Waals surface area contributed by atoms with Crippen LogP contribution in [-0.2, 0) is 26.4 Å². The number of nitrogens with zero attached hydrogens (tertiary/aromatic N) is 5. The lowest BCUT2D eigenvalue weighted by Crippen LogP contribution is -2.09. The van der Waals surface area contributed by atoms with Crippen LogP contribution in [0.2, 0.25) is 0 Å². The van der Waals surface area contributed by atoms with Crippen LogP contribution in [0.3, 0.4) is 0 Å². The Labute approximate surface area is 128 Å². The topological polar surface area (TPSA) is 48.5 Å². The van der Waals surface area contributed by atoms with Crippen LogP contribution in [0, 0.1) is 6.92 Å². The Kier molecular flexibility index (Phi) is 3.92. The summed E-state index contributed by atoms with van der Waals surface area (Å²) in [5, 5.41) is 4.21. The van der Waals surface area contributed by atoms with Gasteiger partial charge >= 0.3 is 0 Å². The molecule has 3 aromatic heterocycles. The summed E-state index contributed by atoms with van der Waals surface area (Å²) >= 11 is 5.91. The monoisotopic (exact) mass is 303 g/mol. The molecule has 0 aromatic carbocycles. The van der Waals surface area contributed by atoms with Crippen molar-refractivity contribution in [3.05, 3.63) is 41.6 Å². The molecule has 0 saturated heterocycles. The van der Waals surface area contributed by atoms with Gasteiger partial charge in [-0.2, -0.15) is 5.10 Å². The van der Waals surface area contributed by atoms with E-state index in [-0.39, 0.29) is 0 Å². The van der Waals surface area contributed by atoms with Gasteiger partial charge in [0.05, 0.1) is 0 Å². The third kappa shape index (κ3) is 2.65. The van der Waals surface area contributed by atoms with Gasteiger partial charge in [0.15, 0.2) is 5.65 Å². The number of aromatic nitrogens is 5. The number of hydrogen-bond donors (Lipinski definition) is 0. The highest BCUT2D eigenvalue weighted by molar-refractivity contribution is 6.17. The summed E-state index contributed by atoms with van der Waals surface area (Å²) in [6.45, 7) is 2.89. The Morgan fingerprint density at radius 1 is 1.19 bits per heavy atom. The van der Waals surface area contributed by atoms with Crippen LogP contribution in [-0.4, -0.2) is 30.2 Å². The Morgan fingerprint density at radius 2 is 2.05 bits per heavy atom. The Balaban J connectivity index is 1.97. The van der Waals surface area contributed by atoms with Gasteiger partial charge in [-0.25, -0.2) is 9.97 Å². The Hall–Kier alpha value is -1.88. The lowest BCUT2D eigenvalue weighted by Gasteiger charge is -2.08. The molecule has 0 amide bonds. The molecule has 0 aliphatic heterocycles. The van der Waals surface area contributed by atoms with Gasteiger partial charge in [0, 0.05) is 50.4 Å². The van der Waals surface area contributed by atoms with Crippen LogP contribution >= 0.6 is 11.6 Å². The van der Waals surface area contributed by atoms with E-state index >= 15 is 0 Å². The van der Waals surface area contributed by atoms with E-state index in [0.717, 1.165) is 41.9 Å². The number of pyridine rings is 1. The van der Waals surface area contributed by atoms with Crippen molar-refractivity contribution in [1.82, 2.24) is 24.3 Å². The van der Waals surface area contributed by atoms with Crippen LogP contribution in [0.15, 0.2) is 24.5 Å². The first-order valence-electron chi connectivity index (χ1n) is 7.04. The maximum Gasteiger partial charge on any atom is 0.160 e. The molecule has 0 N–H and O–H groups in total. The molecule has 3 aromatic rings. The molecule has 0 bridgehead atoms. The normalized spacial score (nSPS) is 11.4. The average molecular weight is 304 g/mol. The molecule has 3 rings (SSSR count). The van der Waals surface area contributed by atoms with Gasteiger partial charge in [-0.1, -0.05) is 0 Å². The number of imidazole rings is 1. The molecule has 6 heteroatoms. The summed E-state index contributed by atoms with van der Waals surface area (Å²) in [6.07, 6.45) is 5.31. The van der Waals surface area contributed by atoms with Gasteiger partial charge in [0.25, 0.3) is 0 Å². The zero-order valence-electron chi connectivity index (χ0n) is 12.3. The number of alkyl halides is 1. The van der Waals surface area contributed by atoms with Gasteiger partial charge in [-0.15, -0.1) is 11.6 Å². The molecular formula is C15H18ClN5. The molecule has 110 valence electrons. The van der Waals surface area contributed by atoms with Crippen LogP contribution < -0.4 is 0 Å². The molecule has 0 aliphatic rings. The van der Waals surface area contributed by atoms with Crippen molar-refractivity contribution >= 4 is 22.8 Å². The minimum absolute atomic E-state index is 0.564. The first-order chi connectivity index (χ1) is 10.2. The average Bonchev–Trinajstić information content (AvgIpc) is 3.02. The fraction of sp³-hybridized carbons (Fsp3) is 0.400. The van der Waals surface area contributed by atoms with Crippen LogP contribution in [0.25, 0.3) is 11.2 Å². The van der Waals surface area contributed by atoms with E-state index in [0.29, 0.717) is 5.88 Å². The van der Waals surface area contributed by atoms with E-state index in [1.54, 1.807) is 0 Å². The number of halogens is 1. The zero-order chi connectivity index (χ0) is 14.8. The SMILES string of the molecule is Cc1ccnc2c1nc(CCCl)n2CCc1ccnn1C. The molecular weight excluding hydrogens is 286 g/mol. The quantitative estimate of drug-likeness (QED) is 0.680. The lowest BCUT2D eigenvalue weighted by atomic mass is 10.2. The van der Waals surface area contributed by atoms with E-state index in [1.165, 1.54) is 5.69 Å². The maximum absolute atomic E-state index is 5.91. The number of fused-ring (bicyclic) bond motifs is 1. The minimum atomic E-state index is 0.564. The Bertz CT molecular complexity index is 759. The lowest BCUT2D eigenvalue weighted by molar-refractivity contribution is 0.625. The predicted molar refractivity (Wildman–Crippen MR) is 83.6 cm³/mol. The summed E-state index contributed by atoms with van der Waals surface area (Å²) in [7, 11) is 1.96. The van der Waals surface area contributed by atoms with E-state index in [4.69, 9.17) is 16.6 Å². The number of aryl methyl sites for hydroxylation is 5. The first-order valence-corrected chi connectivity index (χ1v) is 7.57. The van der Waals surface area contributed by atoms with Crippen molar-refractivity contribution < 1.29 is 0 Å². The van der Waals surface area contributed by atoms with Crippen molar-refractivity contribution in [1.29, 1.82) is 0 Å². The van der Waals surface area contributed by atoms with Crippen molar-refractivity contribution in [3.63, 3.8) is 0 Å². The van der Waals surface area contributed by atoms with Gasteiger partial charge in [-0.3, -0.25) is 4.68 Å². The second-order valence-electron chi connectivity index (χ2n) is 5.11. The molecule has 21 heavy (non-hydrogen) atoms. The summed E-state index contributed by atoms with van der Waals surface area (Å²) < 4.78 is 4.08. The van der Waals surface area contributed by atoms with Crippen molar-refractivity contribution in [2.75, 3.05) is 5.88 Å². The van der Waals surface area contributed by atoms with Gasteiger partial charge in [0.1, 0.15) is 11.3 Å². The summed E-state index contributed by atoms with van der Waals surface area (Å²) in [4.78, 5) is 9.22. The molecule has 0 radical (unpaired) electrons. The van der Waals surface area contributed by atoms with Crippen molar-refractivity contribution in [2.24, 2.45) is 7.05 Å². The molecule has 0 unspecified atom stereocenters.